The zero-order valence-electron chi connectivity index (χ0n) is 15.3. The molecule has 2 aromatic heterocycles. The van der Waals surface area contributed by atoms with E-state index in [9.17, 15) is 9.59 Å². The van der Waals surface area contributed by atoms with Crippen LogP contribution in [0.25, 0.3) is 11.4 Å². The van der Waals surface area contributed by atoms with E-state index in [-0.39, 0.29) is 11.4 Å². The van der Waals surface area contributed by atoms with E-state index < -0.39 is 17.4 Å². The minimum Gasteiger partial charge on any atom is -0.395 e. The van der Waals surface area contributed by atoms with Crippen LogP contribution < -0.4 is 17.0 Å². The lowest BCUT2D eigenvalue weighted by Gasteiger charge is -2.11. The predicted molar refractivity (Wildman–Crippen MR) is 96.6 cm³/mol. The van der Waals surface area contributed by atoms with Crippen molar-refractivity contribution in [2.75, 3.05) is 0 Å². The molecule has 0 aliphatic rings. The number of nitrogens with two attached hydrogens (primary N) is 1. The molecule has 0 saturated heterocycles. The number of hydrogen-bond donors (Lipinski definition) is 1. The molecule has 0 spiro atoms. The molecule has 1 unspecified atom stereocenters. The monoisotopic (exact) mass is 351 g/mol. The van der Waals surface area contributed by atoms with Gasteiger partial charge in [0.25, 0.3) is 11.4 Å². The van der Waals surface area contributed by atoms with Crippen molar-refractivity contribution >= 4 is 11.4 Å². The third-order valence-corrected chi connectivity index (χ3v) is 4.37. The molecule has 2 heterocycles. The second-order valence-corrected chi connectivity index (χ2v) is 6.61. The fourth-order valence-corrected chi connectivity index (χ4v) is 3.05. The highest BCUT2D eigenvalue weighted by Gasteiger charge is 2.19. The van der Waals surface area contributed by atoms with Crippen molar-refractivity contribution in [2.24, 2.45) is 5.73 Å². The van der Waals surface area contributed by atoms with Gasteiger partial charge in [-0.05, 0) is 13.3 Å². The van der Waals surface area contributed by atoms with Gasteiger partial charge in [0, 0.05) is 6.42 Å². The topological polar surface area (TPSA) is 104 Å². The lowest BCUT2D eigenvalue weighted by molar-refractivity contribution is 0.420. The quantitative estimate of drug-likeness (QED) is 0.491. The number of hydrogen-bond acceptors (Lipinski definition) is 6. The summed E-state index contributed by atoms with van der Waals surface area (Å²) in [6.07, 6.45) is 11.4. The Balaban J connectivity index is 1.89. The van der Waals surface area contributed by atoms with Crippen LogP contribution in [0.3, 0.4) is 0 Å². The maximum atomic E-state index is 11.4. The maximum Gasteiger partial charge on any atom is 0.424 e. The van der Waals surface area contributed by atoms with E-state index in [2.05, 4.69) is 11.9 Å². The summed E-state index contributed by atoms with van der Waals surface area (Å²) in [4.78, 5) is 27.0. The number of aromatic nitrogens is 2. The van der Waals surface area contributed by atoms with Crippen molar-refractivity contribution in [2.45, 2.75) is 84.2 Å². The molecule has 0 fully saturated rings. The molecule has 7 nitrogen and oxygen atoms in total. The van der Waals surface area contributed by atoms with E-state index in [0.717, 1.165) is 12.8 Å². The summed E-state index contributed by atoms with van der Waals surface area (Å²) in [6, 6.07) is 0. The van der Waals surface area contributed by atoms with Gasteiger partial charge in [-0.1, -0.05) is 58.3 Å². The van der Waals surface area contributed by atoms with E-state index in [1.54, 1.807) is 11.5 Å². The Morgan fingerprint density at radius 2 is 1.52 bits per heavy atom. The molecular formula is C18H29N3O4. The van der Waals surface area contributed by atoms with Gasteiger partial charge in [-0.25, -0.2) is 9.59 Å². The van der Waals surface area contributed by atoms with Crippen LogP contribution in [0.1, 0.15) is 83.6 Å². The van der Waals surface area contributed by atoms with Crippen molar-refractivity contribution < 1.29 is 8.83 Å². The van der Waals surface area contributed by atoms with Crippen LogP contribution in [0.2, 0.25) is 0 Å². The Bertz CT molecular complexity index is 773. The number of nitrogens with zero attached hydrogens (tertiary/aromatic N) is 2. The van der Waals surface area contributed by atoms with E-state index in [0.29, 0.717) is 12.2 Å². The average molecular weight is 351 g/mol. The van der Waals surface area contributed by atoms with Gasteiger partial charge in [-0.3, -0.25) is 4.57 Å². The smallest absolute Gasteiger partial charge is 0.395 e. The first-order chi connectivity index (χ1) is 12.0. The summed E-state index contributed by atoms with van der Waals surface area (Å²) >= 11 is 0. The van der Waals surface area contributed by atoms with E-state index in [1.807, 2.05) is 0 Å². The van der Waals surface area contributed by atoms with Crippen LogP contribution in [0.4, 0.5) is 0 Å². The highest BCUT2D eigenvalue weighted by Crippen LogP contribution is 2.19. The number of aryl methyl sites for hydroxylation is 1. The van der Waals surface area contributed by atoms with Crippen LogP contribution >= 0.6 is 0 Å². The Hall–Kier alpha value is -1.89. The second-order valence-electron chi connectivity index (χ2n) is 6.61. The zero-order chi connectivity index (χ0) is 18.2. The van der Waals surface area contributed by atoms with Crippen molar-refractivity contribution in [1.29, 1.82) is 0 Å². The lowest BCUT2D eigenvalue weighted by atomic mass is 10.1. The molecular weight excluding hydrogens is 322 g/mol. The molecule has 2 rings (SSSR count). The second kappa shape index (κ2) is 9.56. The largest absolute Gasteiger partial charge is 0.424 e. The fraction of sp³-hybridized carbons (Fsp3) is 0.722. The van der Waals surface area contributed by atoms with Gasteiger partial charge >= 0.3 is 11.3 Å². The third-order valence-electron chi connectivity index (χ3n) is 4.37. The summed E-state index contributed by atoms with van der Waals surface area (Å²) in [5.41, 5.74) is 4.05. The Kier molecular flexibility index (Phi) is 7.43. The molecule has 0 bridgehead atoms. The normalized spacial score (nSPS) is 12.8. The van der Waals surface area contributed by atoms with Crippen LogP contribution in [0.15, 0.2) is 18.4 Å². The summed E-state index contributed by atoms with van der Waals surface area (Å²) < 4.78 is 11.6. The standard InChI is InChI=1S/C18H29N3O4/c1-3-4-5-6-7-8-9-10-11-12-14-20-15-16(21(14)13(2)19)25-18(23)17(22)24-15/h13H,3-12,19H2,1-2H3. The number of imidazole rings is 1. The summed E-state index contributed by atoms with van der Waals surface area (Å²) in [5, 5.41) is 0. The van der Waals surface area contributed by atoms with Gasteiger partial charge in [-0.2, -0.15) is 4.98 Å². The first kappa shape index (κ1) is 19.4. The Morgan fingerprint density at radius 1 is 0.960 bits per heavy atom. The first-order valence-corrected chi connectivity index (χ1v) is 9.35. The maximum absolute atomic E-state index is 11.4. The highest BCUT2D eigenvalue weighted by molar-refractivity contribution is 5.61. The lowest BCUT2D eigenvalue weighted by Crippen LogP contribution is -2.23. The molecule has 25 heavy (non-hydrogen) atoms. The molecule has 2 aromatic rings. The van der Waals surface area contributed by atoms with Crippen LogP contribution in [-0.2, 0) is 6.42 Å². The Labute approximate surface area is 147 Å². The van der Waals surface area contributed by atoms with Crippen molar-refractivity contribution in [3.05, 3.63) is 26.7 Å². The average Bonchev–Trinajstić information content (AvgIpc) is 2.91. The molecule has 1 atom stereocenters. The molecule has 0 amide bonds. The number of unbranched alkanes of at least 4 members (excludes halogenated alkanes) is 8. The molecule has 0 radical (unpaired) electrons. The number of rotatable bonds is 11. The third kappa shape index (κ3) is 5.29. The molecule has 2 N–H and O–H groups in total. The van der Waals surface area contributed by atoms with E-state index in [1.165, 1.54) is 44.9 Å². The van der Waals surface area contributed by atoms with Crippen molar-refractivity contribution in [1.82, 2.24) is 9.55 Å². The molecule has 0 aliphatic carbocycles. The highest BCUT2D eigenvalue weighted by atomic mass is 16.5. The SMILES string of the molecule is CCCCCCCCCCCc1nc2oc(=O)c(=O)oc2n1C(C)N. The fourth-order valence-electron chi connectivity index (χ4n) is 3.05. The first-order valence-electron chi connectivity index (χ1n) is 9.35. The van der Waals surface area contributed by atoms with E-state index in [4.69, 9.17) is 14.6 Å². The minimum absolute atomic E-state index is 0.0350. The summed E-state index contributed by atoms with van der Waals surface area (Å²) in [5.74, 6) is 0.686. The Morgan fingerprint density at radius 3 is 2.12 bits per heavy atom. The van der Waals surface area contributed by atoms with Gasteiger partial charge in [0.1, 0.15) is 5.82 Å². The molecule has 0 saturated carbocycles. The van der Waals surface area contributed by atoms with Crippen LogP contribution in [-0.4, -0.2) is 9.55 Å². The minimum atomic E-state index is -1.04. The van der Waals surface area contributed by atoms with Gasteiger partial charge in [0.2, 0.25) is 0 Å². The summed E-state index contributed by atoms with van der Waals surface area (Å²) in [7, 11) is 0. The zero-order valence-corrected chi connectivity index (χ0v) is 15.3. The van der Waals surface area contributed by atoms with Gasteiger partial charge in [0.05, 0.1) is 6.17 Å². The van der Waals surface area contributed by atoms with Gasteiger partial charge < -0.3 is 14.6 Å². The predicted octanol–water partition coefficient (Wildman–Crippen LogP) is 3.49. The molecule has 140 valence electrons. The van der Waals surface area contributed by atoms with Gasteiger partial charge in [0.15, 0.2) is 0 Å². The number of fused-ring (bicyclic) bond motifs is 1. The molecule has 0 aliphatic heterocycles. The van der Waals surface area contributed by atoms with Crippen LogP contribution in [0.5, 0.6) is 0 Å². The van der Waals surface area contributed by atoms with Crippen molar-refractivity contribution in [3.63, 3.8) is 0 Å². The van der Waals surface area contributed by atoms with Gasteiger partial charge in [-0.15, -0.1) is 0 Å². The molecule has 0 aromatic carbocycles. The summed E-state index contributed by atoms with van der Waals surface area (Å²) in [6.45, 7) is 4.00. The van der Waals surface area contributed by atoms with E-state index >= 15 is 0 Å². The molecule has 7 heteroatoms. The van der Waals surface area contributed by atoms with Crippen LogP contribution in [0, 0.1) is 0 Å². The van der Waals surface area contributed by atoms with Crippen molar-refractivity contribution in [3.8, 4) is 0 Å².